The van der Waals surface area contributed by atoms with E-state index in [1.54, 1.807) is 12.4 Å². The molecular formula is C24H21BrN2O7S. The summed E-state index contributed by atoms with van der Waals surface area (Å²) in [6.45, 7) is 0.470. The van der Waals surface area contributed by atoms with Crippen LogP contribution < -0.4 is 10.2 Å². The highest BCUT2D eigenvalue weighted by atomic mass is 79.9. The van der Waals surface area contributed by atoms with Crippen LogP contribution in [0.3, 0.4) is 0 Å². The normalized spacial score (nSPS) is 11.7. The van der Waals surface area contributed by atoms with Gasteiger partial charge >= 0.3 is 10.4 Å². The fraction of sp³-hybridized carbons (Fsp3) is 0.167. The molecule has 0 fully saturated rings. The van der Waals surface area contributed by atoms with E-state index in [0.29, 0.717) is 36.1 Å². The number of fused-ring (bicyclic) bond motifs is 3. The number of halogens is 1. The average Bonchev–Trinajstić information content (AvgIpc) is 3.10. The maximum absolute atomic E-state index is 13.4. The smallest absolute Gasteiger partial charge is 0.394 e. The maximum atomic E-state index is 13.4. The minimum Gasteiger partial charge on any atom is -0.493 e. The molecule has 0 aliphatic rings. The van der Waals surface area contributed by atoms with Crippen LogP contribution >= 0.6 is 15.9 Å². The first-order valence-electron chi connectivity index (χ1n) is 10.5. The van der Waals surface area contributed by atoms with Crippen molar-refractivity contribution in [1.82, 2.24) is 9.38 Å². The van der Waals surface area contributed by atoms with Crippen molar-refractivity contribution in [3.8, 4) is 5.75 Å². The van der Waals surface area contributed by atoms with Gasteiger partial charge in [-0.15, -0.1) is 0 Å². The molecule has 0 atom stereocenters. The van der Waals surface area contributed by atoms with Gasteiger partial charge in [-0.05, 0) is 35.9 Å². The van der Waals surface area contributed by atoms with Gasteiger partial charge < -0.3 is 14.2 Å². The van der Waals surface area contributed by atoms with Crippen molar-refractivity contribution in [2.24, 2.45) is 0 Å². The molecule has 3 heterocycles. The fourth-order valence-corrected chi connectivity index (χ4v) is 4.36. The molecule has 2 aromatic carbocycles. The summed E-state index contributed by atoms with van der Waals surface area (Å²) in [6.07, 6.45) is 6.52. The van der Waals surface area contributed by atoms with Crippen LogP contribution in [0.2, 0.25) is 0 Å². The molecule has 5 aromatic rings. The molecule has 0 amide bonds. The summed E-state index contributed by atoms with van der Waals surface area (Å²) in [5.41, 5.74) is 3.64. The highest BCUT2D eigenvalue weighted by Crippen LogP contribution is 2.35. The molecule has 0 radical (unpaired) electrons. The number of ether oxygens (including phenoxy) is 1. The Kier molecular flexibility index (Phi) is 7.33. The quantitative estimate of drug-likeness (QED) is 0.210. The minimum atomic E-state index is -4.67. The highest BCUT2D eigenvalue weighted by Gasteiger charge is 2.18. The predicted molar refractivity (Wildman–Crippen MR) is 136 cm³/mol. The van der Waals surface area contributed by atoms with Gasteiger partial charge in [0, 0.05) is 58.8 Å². The largest absolute Gasteiger partial charge is 0.493 e. The topological polar surface area (TPSA) is 138 Å². The number of aromatic nitrogens is 2. The van der Waals surface area contributed by atoms with Gasteiger partial charge in [0.25, 0.3) is 0 Å². The van der Waals surface area contributed by atoms with Crippen molar-refractivity contribution in [3.63, 3.8) is 0 Å². The molecule has 0 aliphatic carbocycles. The Balaban J connectivity index is 0.000000527. The number of hydrogen-bond acceptors (Lipinski definition) is 6. The maximum Gasteiger partial charge on any atom is 0.394 e. The predicted octanol–water partition coefficient (Wildman–Crippen LogP) is 3.90. The van der Waals surface area contributed by atoms with Crippen LogP contribution in [0.15, 0.2) is 70.3 Å². The van der Waals surface area contributed by atoms with Crippen LogP contribution in [-0.4, -0.2) is 45.2 Å². The summed E-state index contributed by atoms with van der Waals surface area (Å²) >= 11 is 3.57. The molecule has 9 nitrogen and oxygen atoms in total. The van der Waals surface area contributed by atoms with Gasteiger partial charge in [0.05, 0.1) is 23.0 Å². The average molecular weight is 561 g/mol. The fourth-order valence-electron chi connectivity index (χ4n) is 4.01. The van der Waals surface area contributed by atoms with Crippen LogP contribution in [0.1, 0.15) is 17.5 Å². The lowest BCUT2D eigenvalue weighted by molar-refractivity contribution is 0.234. The number of rotatable bonds is 6. The number of hydrogen-bond donors (Lipinski definition) is 3. The first kappa shape index (κ1) is 25.0. The zero-order valence-electron chi connectivity index (χ0n) is 18.3. The van der Waals surface area contributed by atoms with E-state index in [2.05, 4.69) is 37.4 Å². The third-order valence-electron chi connectivity index (χ3n) is 5.34. The summed E-state index contributed by atoms with van der Waals surface area (Å²) in [6, 6.07) is 13.8. The molecule has 3 N–H and O–H groups in total. The Labute approximate surface area is 208 Å². The van der Waals surface area contributed by atoms with Crippen LogP contribution in [-0.2, 0) is 16.8 Å². The number of nitrogens with zero attached hydrogens (tertiary/aromatic N) is 2. The molecule has 0 saturated heterocycles. The van der Waals surface area contributed by atoms with Gasteiger partial charge in [-0.25, -0.2) is 0 Å². The van der Waals surface area contributed by atoms with Gasteiger partial charge in [0.2, 0.25) is 0 Å². The molecule has 0 unspecified atom stereocenters. The van der Waals surface area contributed by atoms with Crippen molar-refractivity contribution in [2.75, 3.05) is 13.2 Å². The molecule has 0 bridgehead atoms. The van der Waals surface area contributed by atoms with Gasteiger partial charge in [-0.2, -0.15) is 8.42 Å². The first-order chi connectivity index (χ1) is 16.7. The van der Waals surface area contributed by atoms with Gasteiger partial charge in [-0.1, -0.05) is 28.1 Å². The Morgan fingerprint density at radius 2 is 1.80 bits per heavy atom. The van der Waals surface area contributed by atoms with E-state index < -0.39 is 10.4 Å². The van der Waals surface area contributed by atoms with Crippen LogP contribution in [0.4, 0.5) is 0 Å². The zero-order valence-corrected chi connectivity index (χ0v) is 20.7. The van der Waals surface area contributed by atoms with E-state index in [1.807, 2.05) is 36.5 Å². The monoisotopic (exact) mass is 560 g/mol. The Bertz CT molecular complexity index is 1650. The zero-order chi connectivity index (χ0) is 25.2. The number of aliphatic hydroxyl groups is 1. The minimum absolute atomic E-state index is 0.00540. The highest BCUT2D eigenvalue weighted by molar-refractivity contribution is 9.10. The molecule has 5 rings (SSSR count). The van der Waals surface area contributed by atoms with Crippen LogP contribution in [0.5, 0.6) is 5.75 Å². The number of aliphatic hydroxyl groups excluding tert-OH is 1. The molecular weight excluding hydrogens is 540 g/mol. The first-order valence-corrected chi connectivity index (χ1v) is 12.7. The molecule has 0 aliphatic heterocycles. The van der Waals surface area contributed by atoms with Crippen molar-refractivity contribution >= 4 is 53.5 Å². The summed E-state index contributed by atoms with van der Waals surface area (Å²) in [7, 11) is -4.67. The van der Waals surface area contributed by atoms with E-state index in [1.165, 1.54) is 0 Å². The third-order valence-corrected chi connectivity index (χ3v) is 5.84. The van der Waals surface area contributed by atoms with Crippen molar-refractivity contribution in [3.05, 3.63) is 86.9 Å². The van der Waals surface area contributed by atoms with E-state index in [9.17, 15) is 4.79 Å². The summed E-state index contributed by atoms with van der Waals surface area (Å²) in [5.74, 6) is 0.642. The molecule has 182 valence electrons. The van der Waals surface area contributed by atoms with Crippen molar-refractivity contribution in [1.29, 1.82) is 0 Å². The van der Waals surface area contributed by atoms with E-state index >= 15 is 0 Å². The number of pyridine rings is 2. The lowest BCUT2D eigenvalue weighted by Gasteiger charge is -2.09. The Hall–Kier alpha value is -3.09. The van der Waals surface area contributed by atoms with E-state index in [4.69, 9.17) is 27.4 Å². The number of benzene rings is 2. The second kappa shape index (κ2) is 10.3. The second-order valence-electron chi connectivity index (χ2n) is 7.79. The van der Waals surface area contributed by atoms with Crippen LogP contribution in [0.25, 0.3) is 27.2 Å². The molecule has 0 spiro atoms. The molecule has 35 heavy (non-hydrogen) atoms. The summed E-state index contributed by atoms with van der Waals surface area (Å²) in [5, 5.41) is 11.7. The SMILES string of the molecule is O=S(=O)(O)O.O=c1c(Cc2cccnc2)cn2c3cc(Br)ccc3c3cc(OCCCO)cc1c32. The van der Waals surface area contributed by atoms with Gasteiger partial charge in [0.15, 0.2) is 5.43 Å². The standard InChI is InChI=1S/C24H19BrN2O3.H2O4S/c25-17-4-5-19-20-11-18(30-8-2-7-28)12-21-23(20)27(22(19)10-17)14-16(24(21)29)9-15-3-1-6-26-13-15;1-5(2,3)4/h1,3-6,10-14,28H,2,7-9H2;(H2,1,2,3,4). The van der Waals surface area contributed by atoms with E-state index in [0.717, 1.165) is 31.8 Å². The molecule has 11 heteroatoms. The Morgan fingerprint density at radius 1 is 1.06 bits per heavy atom. The molecule has 3 aromatic heterocycles. The van der Waals surface area contributed by atoms with Crippen LogP contribution in [0, 0.1) is 0 Å². The second-order valence-corrected chi connectivity index (χ2v) is 9.60. The summed E-state index contributed by atoms with van der Waals surface area (Å²) < 4.78 is 40.5. The lowest BCUT2D eigenvalue weighted by Crippen LogP contribution is -2.12. The Morgan fingerprint density at radius 3 is 2.49 bits per heavy atom. The summed E-state index contributed by atoms with van der Waals surface area (Å²) in [4.78, 5) is 17.6. The van der Waals surface area contributed by atoms with Crippen molar-refractivity contribution in [2.45, 2.75) is 12.8 Å². The van der Waals surface area contributed by atoms with Gasteiger partial charge in [0.1, 0.15) is 5.75 Å². The van der Waals surface area contributed by atoms with Crippen molar-refractivity contribution < 1.29 is 27.4 Å². The molecule has 0 saturated carbocycles. The third kappa shape index (κ3) is 5.77. The van der Waals surface area contributed by atoms with Gasteiger partial charge in [-0.3, -0.25) is 18.9 Å². The van der Waals surface area contributed by atoms with E-state index in [-0.39, 0.29) is 12.0 Å². The lowest BCUT2D eigenvalue weighted by atomic mass is 10.0.